The number of rotatable bonds is 7. The Labute approximate surface area is 184 Å². The average Bonchev–Trinajstić information content (AvgIpc) is 3.26. The second kappa shape index (κ2) is 11.9. The van der Waals surface area contributed by atoms with Crippen molar-refractivity contribution in [3.05, 3.63) is 59.9 Å². The molecule has 152 valence electrons. The van der Waals surface area contributed by atoms with Crippen LogP contribution in [0.25, 0.3) is 0 Å². The number of nitrogens with zero attached hydrogens (tertiary/aromatic N) is 3. The Hall–Kier alpha value is -1.87. The zero-order valence-electron chi connectivity index (χ0n) is 16.6. The first kappa shape index (κ1) is 22.4. The van der Waals surface area contributed by atoms with Crippen LogP contribution in [0.5, 0.6) is 5.75 Å². The van der Waals surface area contributed by atoms with E-state index in [2.05, 4.69) is 37.6 Å². The van der Waals surface area contributed by atoms with Gasteiger partial charge in [-0.05, 0) is 44.1 Å². The molecule has 7 heteroatoms. The van der Waals surface area contributed by atoms with Gasteiger partial charge in [-0.1, -0.05) is 24.3 Å². The van der Waals surface area contributed by atoms with Gasteiger partial charge in [0.25, 0.3) is 0 Å². The van der Waals surface area contributed by atoms with E-state index in [1.54, 1.807) is 20.4 Å². The van der Waals surface area contributed by atoms with Gasteiger partial charge in [-0.3, -0.25) is 14.9 Å². The summed E-state index contributed by atoms with van der Waals surface area (Å²) in [6, 6.07) is 14.5. The molecule has 0 aliphatic carbocycles. The summed E-state index contributed by atoms with van der Waals surface area (Å²) in [5, 5.41) is 6.82. The number of pyridine rings is 1. The van der Waals surface area contributed by atoms with Crippen LogP contribution in [-0.2, 0) is 6.54 Å². The maximum absolute atomic E-state index is 5.62. The Morgan fingerprint density at radius 3 is 2.57 bits per heavy atom. The van der Waals surface area contributed by atoms with E-state index in [0.717, 1.165) is 37.0 Å². The molecule has 1 saturated heterocycles. The Bertz CT molecular complexity index is 735. The molecule has 2 N–H and O–H groups in total. The molecule has 6 nitrogen and oxygen atoms in total. The third-order valence-corrected chi connectivity index (χ3v) is 4.93. The van der Waals surface area contributed by atoms with Gasteiger partial charge in [0.2, 0.25) is 0 Å². The number of hydrogen-bond acceptors (Lipinski definition) is 4. The highest BCUT2D eigenvalue weighted by molar-refractivity contribution is 14.0. The van der Waals surface area contributed by atoms with Crippen molar-refractivity contribution < 1.29 is 4.74 Å². The summed E-state index contributed by atoms with van der Waals surface area (Å²) in [6.07, 6.45) is 4.30. The molecule has 1 aliphatic heterocycles. The fraction of sp³-hybridized carbons (Fsp3) is 0.429. The number of halogens is 1. The van der Waals surface area contributed by atoms with E-state index < -0.39 is 0 Å². The van der Waals surface area contributed by atoms with Crippen molar-refractivity contribution in [2.45, 2.75) is 25.4 Å². The van der Waals surface area contributed by atoms with E-state index in [9.17, 15) is 0 Å². The fourth-order valence-corrected chi connectivity index (χ4v) is 3.52. The van der Waals surface area contributed by atoms with E-state index in [4.69, 9.17) is 4.74 Å². The van der Waals surface area contributed by atoms with Crippen LogP contribution in [0, 0.1) is 0 Å². The number of benzene rings is 1. The minimum atomic E-state index is 0. The summed E-state index contributed by atoms with van der Waals surface area (Å²) < 4.78 is 5.62. The minimum Gasteiger partial charge on any atom is -0.496 e. The van der Waals surface area contributed by atoms with Gasteiger partial charge in [-0.2, -0.15) is 0 Å². The molecule has 0 spiro atoms. The van der Waals surface area contributed by atoms with Gasteiger partial charge >= 0.3 is 0 Å². The number of aromatic nitrogens is 1. The van der Waals surface area contributed by atoms with Crippen molar-refractivity contribution in [3.8, 4) is 5.75 Å². The van der Waals surface area contributed by atoms with Crippen molar-refractivity contribution in [1.82, 2.24) is 20.5 Å². The molecule has 0 radical (unpaired) electrons. The number of para-hydroxylation sites is 1. The Morgan fingerprint density at radius 1 is 1.14 bits per heavy atom. The van der Waals surface area contributed by atoms with Gasteiger partial charge in [-0.15, -0.1) is 24.0 Å². The van der Waals surface area contributed by atoms with Crippen LogP contribution in [-0.4, -0.2) is 49.6 Å². The number of ether oxygens (including phenoxy) is 1. The molecule has 1 atom stereocenters. The molecular weight excluding hydrogens is 465 g/mol. The van der Waals surface area contributed by atoms with Crippen LogP contribution in [0.1, 0.15) is 30.1 Å². The van der Waals surface area contributed by atoms with Crippen molar-refractivity contribution in [2.24, 2.45) is 4.99 Å². The molecule has 1 unspecified atom stereocenters. The lowest BCUT2D eigenvalue weighted by atomic mass is 10.0. The van der Waals surface area contributed by atoms with Gasteiger partial charge in [-0.25, -0.2) is 0 Å². The minimum absolute atomic E-state index is 0. The molecule has 1 aromatic carbocycles. The van der Waals surface area contributed by atoms with Crippen molar-refractivity contribution in [1.29, 1.82) is 0 Å². The molecule has 2 aromatic rings. The third-order valence-electron chi connectivity index (χ3n) is 4.93. The molecule has 1 aromatic heterocycles. The smallest absolute Gasteiger partial charge is 0.191 e. The SMILES string of the molecule is CN=C(NCc1ccccn1)NCC(c1ccccc1OC)N1CCCC1.I. The molecule has 3 rings (SSSR count). The van der Waals surface area contributed by atoms with Crippen LogP contribution in [0.4, 0.5) is 0 Å². The topological polar surface area (TPSA) is 61.8 Å². The van der Waals surface area contributed by atoms with E-state index in [0.29, 0.717) is 6.54 Å². The molecule has 1 aliphatic rings. The summed E-state index contributed by atoms with van der Waals surface area (Å²) in [5.74, 6) is 1.72. The van der Waals surface area contributed by atoms with Gasteiger partial charge in [0.15, 0.2) is 5.96 Å². The predicted octanol–water partition coefficient (Wildman–Crippen LogP) is 3.21. The second-order valence-corrected chi connectivity index (χ2v) is 6.63. The highest BCUT2D eigenvalue weighted by Gasteiger charge is 2.25. The Morgan fingerprint density at radius 2 is 1.89 bits per heavy atom. The highest BCUT2D eigenvalue weighted by Crippen LogP contribution is 2.31. The largest absolute Gasteiger partial charge is 0.496 e. The zero-order chi connectivity index (χ0) is 18.9. The number of aliphatic imine (C=N–C) groups is 1. The number of hydrogen-bond donors (Lipinski definition) is 2. The lowest BCUT2D eigenvalue weighted by Crippen LogP contribution is -2.42. The number of guanidine groups is 1. The van der Waals surface area contributed by atoms with Crippen molar-refractivity contribution in [2.75, 3.05) is 33.8 Å². The fourth-order valence-electron chi connectivity index (χ4n) is 3.52. The molecule has 0 bridgehead atoms. The number of nitrogens with one attached hydrogen (secondary N) is 2. The summed E-state index contributed by atoms with van der Waals surface area (Å²) in [6.45, 7) is 3.64. The quantitative estimate of drug-likeness (QED) is 0.351. The average molecular weight is 495 g/mol. The van der Waals surface area contributed by atoms with Gasteiger partial charge < -0.3 is 15.4 Å². The molecule has 0 amide bonds. The monoisotopic (exact) mass is 495 g/mol. The molecular formula is C21H30IN5O. The van der Waals surface area contributed by atoms with Crippen LogP contribution in [0.15, 0.2) is 53.7 Å². The molecule has 2 heterocycles. The van der Waals surface area contributed by atoms with Crippen molar-refractivity contribution in [3.63, 3.8) is 0 Å². The number of likely N-dealkylation sites (tertiary alicyclic amines) is 1. The lowest BCUT2D eigenvalue weighted by Gasteiger charge is -2.30. The summed E-state index contributed by atoms with van der Waals surface area (Å²) in [4.78, 5) is 11.2. The van der Waals surface area contributed by atoms with E-state index >= 15 is 0 Å². The predicted molar refractivity (Wildman–Crippen MR) is 124 cm³/mol. The first-order valence-electron chi connectivity index (χ1n) is 9.53. The molecule has 28 heavy (non-hydrogen) atoms. The maximum Gasteiger partial charge on any atom is 0.191 e. The standard InChI is InChI=1S/C21H29N5O.HI/c1-22-21(24-15-17-9-5-6-12-23-17)25-16-19(26-13-7-8-14-26)18-10-3-4-11-20(18)27-2;/h3-6,9-12,19H,7-8,13-16H2,1-2H3,(H2,22,24,25);1H. The van der Waals surface area contributed by atoms with Gasteiger partial charge in [0.1, 0.15) is 5.75 Å². The normalized spacial score (nSPS) is 15.6. The first-order valence-corrected chi connectivity index (χ1v) is 9.53. The highest BCUT2D eigenvalue weighted by atomic mass is 127. The lowest BCUT2D eigenvalue weighted by molar-refractivity contribution is 0.239. The van der Waals surface area contributed by atoms with Crippen LogP contribution in [0.3, 0.4) is 0 Å². The summed E-state index contributed by atoms with van der Waals surface area (Å²) in [5.41, 5.74) is 2.20. The van der Waals surface area contributed by atoms with Crippen LogP contribution >= 0.6 is 24.0 Å². The summed E-state index contributed by atoms with van der Waals surface area (Å²) in [7, 11) is 3.53. The van der Waals surface area contributed by atoms with Crippen LogP contribution in [0.2, 0.25) is 0 Å². The Balaban J connectivity index is 0.00000280. The zero-order valence-corrected chi connectivity index (χ0v) is 18.9. The van der Waals surface area contributed by atoms with Crippen LogP contribution < -0.4 is 15.4 Å². The Kier molecular flexibility index (Phi) is 9.49. The summed E-state index contributed by atoms with van der Waals surface area (Å²) >= 11 is 0. The van der Waals surface area contributed by atoms with Crippen molar-refractivity contribution >= 4 is 29.9 Å². The maximum atomic E-state index is 5.62. The van der Waals surface area contributed by atoms with Gasteiger partial charge in [0.05, 0.1) is 25.4 Å². The van der Waals surface area contributed by atoms with E-state index in [-0.39, 0.29) is 30.0 Å². The molecule has 1 fully saturated rings. The van der Waals surface area contributed by atoms with E-state index in [1.165, 1.54) is 18.4 Å². The van der Waals surface area contributed by atoms with Gasteiger partial charge in [0, 0.05) is 25.4 Å². The molecule has 0 saturated carbocycles. The second-order valence-electron chi connectivity index (χ2n) is 6.63. The third kappa shape index (κ3) is 6.07. The first-order chi connectivity index (χ1) is 13.3. The number of methoxy groups -OCH3 is 1. The van der Waals surface area contributed by atoms with E-state index in [1.807, 2.05) is 30.3 Å².